The molecular weight excluding hydrogens is 320 g/mol. The first-order valence-corrected chi connectivity index (χ1v) is 8.99. The van der Waals surface area contributed by atoms with Gasteiger partial charge in [0.25, 0.3) is 10.0 Å². The molecule has 1 N–H and O–H groups in total. The van der Waals surface area contributed by atoms with Gasteiger partial charge in [-0.15, -0.1) is 0 Å². The van der Waals surface area contributed by atoms with E-state index in [9.17, 15) is 8.42 Å². The largest absolute Gasteiger partial charge is 0.263 e. The molecule has 0 bridgehead atoms. The monoisotopic (exact) mass is 336 g/mol. The summed E-state index contributed by atoms with van der Waals surface area (Å²) in [5.74, 6) is 0.834. The lowest BCUT2D eigenvalue weighted by atomic mass is 10.2. The molecule has 2 aromatic rings. The zero-order chi connectivity index (χ0) is 15.9. The van der Waals surface area contributed by atoms with Crippen molar-refractivity contribution in [2.75, 3.05) is 4.72 Å². The molecule has 1 aromatic carbocycles. The zero-order valence-corrected chi connectivity index (χ0v) is 14.0. The summed E-state index contributed by atoms with van der Waals surface area (Å²) in [5, 5.41) is 0.560. The van der Waals surface area contributed by atoms with Gasteiger partial charge in [0.2, 0.25) is 0 Å². The van der Waals surface area contributed by atoms with Gasteiger partial charge in [-0.05, 0) is 62.1 Å². The summed E-state index contributed by atoms with van der Waals surface area (Å²) in [4.78, 5) is 4.63. The van der Waals surface area contributed by atoms with E-state index in [-0.39, 0.29) is 4.90 Å². The van der Waals surface area contributed by atoms with Gasteiger partial charge in [-0.3, -0.25) is 4.72 Å². The van der Waals surface area contributed by atoms with Gasteiger partial charge in [-0.1, -0.05) is 17.7 Å². The highest BCUT2D eigenvalue weighted by Crippen LogP contribution is 2.39. The van der Waals surface area contributed by atoms with Gasteiger partial charge in [-0.2, -0.15) is 0 Å². The second-order valence-electron chi connectivity index (χ2n) is 5.69. The lowest BCUT2D eigenvalue weighted by molar-refractivity contribution is 0.600. The maximum Gasteiger partial charge on any atom is 0.263 e. The van der Waals surface area contributed by atoms with Crippen LogP contribution in [0.1, 0.15) is 35.6 Å². The van der Waals surface area contributed by atoms with Crippen molar-refractivity contribution in [2.24, 2.45) is 0 Å². The van der Waals surface area contributed by atoms with Gasteiger partial charge in [0, 0.05) is 16.6 Å². The number of benzene rings is 1. The Balaban J connectivity index is 1.93. The van der Waals surface area contributed by atoms with Crippen LogP contribution in [0.25, 0.3) is 0 Å². The molecule has 0 amide bonds. The Hall–Kier alpha value is -1.59. The minimum absolute atomic E-state index is 0.230. The third-order valence-electron chi connectivity index (χ3n) is 3.75. The van der Waals surface area contributed by atoms with Gasteiger partial charge in [0.1, 0.15) is 5.82 Å². The molecule has 0 aliphatic heterocycles. The molecule has 0 atom stereocenters. The first kappa shape index (κ1) is 15.3. The molecule has 0 radical (unpaired) electrons. The van der Waals surface area contributed by atoms with Gasteiger partial charge >= 0.3 is 0 Å². The van der Waals surface area contributed by atoms with Crippen LogP contribution in [0.2, 0.25) is 5.02 Å². The highest BCUT2D eigenvalue weighted by Gasteiger charge is 2.25. The minimum atomic E-state index is -3.68. The molecule has 6 heteroatoms. The third-order valence-corrected chi connectivity index (χ3v) is 5.65. The number of nitrogens with zero attached hydrogens (tertiary/aromatic N) is 1. The van der Waals surface area contributed by atoms with Crippen LogP contribution < -0.4 is 4.72 Å². The number of nitrogens with one attached hydrogen (secondary N) is 1. The van der Waals surface area contributed by atoms with Crippen LogP contribution in [0.5, 0.6) is 0 Å². The number of sulfonamides is 1. The fourth-order valence-corrected chi connectivity index (χ4v) is 3.88. The number of pyridine rings is 1. The number of aromatic nitrogens is 1. The summed E-state index contributed by atoms with van der Waals surface area (Å²) in [7, 11) is -3.68. The average Bonchev–Trinajstić information content (AvgIpc) is 3.27. The first-order chi connectivity index (χ1) is 10.4. The first-order valence-electron chi connectivity index (χ1n) is 7.13. The van der Waals surface area contributed by atoms with Crippen molar-refractivity contribution in [1.82, 2.24) is 4.98 Å². The summed E-state index contributed by atoms with van der Waals surface area (Å²) in [5.41, 5.74) is 2.29. The Kier molecular flexibility index (Phi) is 3.87. The van der Waals surface area contributed by atoms with Gasteiger partial charge in [0.05, 0.1) is 4.90 Å². The number of hydrogen-bond donors (Lipinski definition) is 1. The molecule has 116 valence electrons. The predicted octanol–water partition coefficient (Wildman–Crippen LogP) is 4.03. The third kappa shape index (κ3) is 3.10. The standard InChI is InChI=1S/C16H17ClN2O2S/c1-10-9-15(11(2)8-13(10)17)22(20,21)19-16-5-3-4-14(18-16)12-6-7-12/h3-5,8-9,12H,6-7H2,1-2H3,(H,18,19). The topological polar surface area (TPSA) is 59.1 Å². The molecular formula is C16H17ClN2O2S. The van der Waals surface area contributed by atoms with Crippen molar-refractivity contribution in [3.05, 3.63) is 52.2 Å². The van der Waals surface area contributed by atoms with Crippen LogP contribution in [0.3, 0.4) is 0 Å². The minimum Gasteiger partial charge on any atom is -0.263 e. The van der Waals surface area contributed by atoms with Gasteiger partial charge in [0.15, 0.2) is 0 Å². The van der Waals surface area contributed by atoms with E-state index >= 15 is 0 Å². The second-order valence-corrected chi connectivity index (χ2v) is 7.75. The molecule has 0 unspecified atom stereocenters. The van der Waals surface area contributed by atoms with Crippen LogP contribution in [0.4, 0.5) is 5.82 Å². The lowest BCUT2D eigenvalue weighted by Crippen LogP contribution is -2.15. The fraction of sp³-hybridized carbons (Fsp3) is 0.312. The summed E-state index contributed by atoms with van der Waals surface area (Å²) in [6.07, 6.45) is 2.25. The van der Waals surface area contributed by atoms with E-state index in [4.69, 9.17) is 11.6 Å². The predicted molar refractivity (Wildman–Crippen MR) is 87.9 cm³/mol. The van der Waals surface area contributed by atoms with E-state index in [1.54, 1.807) is 32.0 Å². The average molecular weight is 337 g/mol. The fourth-order valence-electron chi connectivity index (χ4n) is 2.35. The Labute approximate surface area is 135 Å². The molecule has 1 aromatic heterocycles. The van der Waals surface area contributed by atoms with Gasteiger partial charge < -0.3 is 0 Å². The van der Waals surface area contributed by atoms with Crippen molar-refractivity contribution in [1.29, 1.82) is 0 Å². The quantitative estimate of drug-likeness (QED) is 0.917. The van der Waals surface area contributed by atoms with Crippen molar-refractivity contribution in [3.8, 4) is 0 Å². The molecule has 0 spiro atoms. The Bertz CT molecular complexity index is 830. The normalized spacial score (nSPS) is 14.9. The van der Waals surface area contributed by atoms with Crippen LogP contribution in [0, 0.1) is 13.8 Å². The maximum atomic E-state index is 12.6. The summed E-state index contributed by atoms with van der Waals surface area (Å²) >= 11 is 6.03. The molecule has 0 saturated heterocycles. The molecule has 3 rings (SSSR count). The number of hydrogen-bond acceptors (Lipinski definition) is 3. The molecule has 1 aliphatic carbocycles. The zero-order valence-electron chi connectivity index (χ0n) is 12.4. The van der Waals surface area contributed by atoms with E-state index < -0.39 is 10.0 Å². The van der Waals surface area contributed by atoms with Crippen molar-refractivity contribution < 1.29 is 8.42 Å². The molecule has 1 aliphatic rings. The van der Waals surface area contributed by atoms with Gasteiger partial charge in [-0.25, -0.2) is 13.4 Å². The Morgan fingerprint density at radius 1 is 1.18 bits per heavy atom. The number of aryl methyl sites for hydroxylation is 2. The molecule has 4 nitrogen and oxygen atoms in total. The van der Waals surface area contributed by atoms with E-state index in [0.717, 1.165) is 24.1 Å². The summed E-state index contributed by atoms with van der Waals surface area (Å²) < 4.78 is 27.7. The maximum absolute atomic E-state index is 12.6. The van der Waals surface area contributed by atoms with Crippen molar-refractivity contribution in [2.45, 2.75) is 37.5 Å². The number of halogens is 1. The van der Waals surface area contributed by atoms with E-state index in [0.29, 0.717) is 22.3 Å². The Morgan fingerprint density at radius 3 is 2.59 bits per heavy atom. The van der Waals surface area contributed by atoms with Crippen LogP contribution in [0.15, 0.2) is 35.2 Å². The Morgan fingerprint density at radius 2 is 1.91 bits per heavy atom. The molecule has 1 fully saturated rings. The molecule has 1 heterocycles. The van der Waals surface area contributed by atoms with Crippen molar-refractivity contribution in [3.63, 3.8) is 0 Å². The number of rotatable bonds is 4. The summed E-state index contributed by atoms with van der Waals surface area (Å²) in [6.45, 7) is 3.51. The van der Waals surface area contributed by atoms with Crippen molar-refractivity contribution >= 4 is 27.4 Å². The van der Waals surface area contributed by atoms with E-state index in [1.807, 2.05) is 12.1 Å². The summed E-state index contributed by atoms with van der Waals surface area (Å²) in [6, 6.07) is 8.69. The highest BCUT2D eigenvalue weighted by atomic mass is 35.5. The van der Waals surface area contributed by atoms with E-state index in [1.165, 1.54) is 0 Å². The molecule has 22 heavy (non-hydrogen) atoms. The van der Waals surface area contributed by atoms with Crippen LogP contribution in [-0.4, -0.2) is 13.4 Å². The lowest BCUT2D eigenvalue weighted by Gasteiger charge is -2.12. The van der Waals surface area contributed by atoms with Crippen LogP contribution >= 0.6 is 11.6 Å². The second kappa shape index (κ2) is 5.56. The number of anilines is 1. The SMILES string of the molecule is Cc1cc(S(=O)(=O)Nc2cccc(C3CC3)n2)c(C)cc1Cl. The highest BCUT2D eigenvalue weighted by molar-refractivity contribution is 7.92. The molecule has 1 saturated carbocycles. The van der Waals surface area contributed by atoms with Crippen LogP contribution in [-0.2, 0) is 10.0 Å². The van der Waals surface area contributed by atoms with E-state index in [2.05, 4.69) is 9.71 Å². The smallest absolute Gasteiger partial charge is 0.263 e.